The number of hydrogen-bond acceptors (Lipinski definition) is 3. The van der Waals surface area contributed by atoms with E-state index in [-0.39, 0.29) is 5.91 Å². The molecule has 0 saturated carbocycles. The number of aryl methyl sites for hydroxylation is 3. The van der Waals surface area contributed by atoms with Crippen molar-refractivity contribution in [2.45, 2.75) is 40.5 Å². The Labute approximate surface area is 124 Å². The molecule has 0 spiro atoms. The molecule has 2 rings (SSSR count). The van der Waals surface area contributed by atoms with Crippen LogP contribution < -0.4 is 5.32 Å². The van der Waals surface area contributed by atoms with Crippen LogP contribution in [0.3, 0.4) is 0 Å². The van der Waals surface area contributed by atoms with E-state index in [4.69, 9.17) is 0 Å². The van der Waals surface area contributed by atoms with E-state index in [1.807, 2.05) is 32.9 Å². The highest BCUT2D eigenvalue weighted by Gasteiger charge is 2.17. The molecular weight excluding hydrogens is 268 g/mol. The molecular formula is C16H20N2OS. The van der Waals surface area contributed by atoms with Crippen LogP contribution in [-0.4, -0.2) is 10.9 Å². The molecule has 1 amide bonds. The summed E-state index contributed by atoms with van der Waals surface area (Å²) in [4.78, 5) is 17.4. The lowest BCUT2D eigenvalue weighted by Crippen LogP contribution is -2.14. The van der Waals surface area contributed by atoms with Gasteiger partial charge in [-0.15, -0.1) is 11.3 Å². The zero-order valence-electron chi connectivity index (χ0n) is 12.6. The van der Waals surface area contributed by atoms with Crippen LogP contribution in [0.1, 0.15) is 51.3 Å². The van der Waals surface area contributed by atoms with Gasteiger partial charge in [-0.1, -0.05) is 32.0 Å². The van der Waals surface area contributed by atoms with Crippen molar-refractivity contribution in [3.05, 3.63) is 44.9 Å². The molecule has 0 aliphatic heterocycles. The third-order valence-electron chi connectivity index (χ3n) is 3.28. The topological polar surface area (TPSA) is 42.0 Å². The summed E-state index contributed by atoms with van der Waals surface area (Å²) in [6, 6.07) is 6.12. The van der Waals surface area contributed by atoms with Crippen molar-refractivity contribution in [2.24, 2.45) is 0 Å². The van der Waals surface area contributed by atoms with Crippen LogP contribution in [0.2, 0.25) is 0 Å². The van der Waals surface area contributed by atoms with Crippen molar-refractivity contribution in [1.82, 2.24) is 4.98 Å². The standard InChI is InChI=1S/C16H20N2OS/c1-9(2)13-8-6-7-10(3)14(13)18-16(19)15-11(4)17-12(5)20-15/h6-9H,1-5H3,(H,18,19). The molecule has 1 aromatic heterocycles. The summed E-state index contributed by atoms with van der Waals surface area (Å²) < 4.78 is 0. The Morgan fingerprint density at radius 2 is 1.95 bits per heavy atom. The third-order valence-corrected chi connectivity index (χ3v) is 4.35. The first-order valence-electron chi connectivity index (χ1n) is 6.75. The molecule has 20 heavy (non-hydrogen) atoms. The van der Waals surface area contributed by atoms with Crippen molar-refractivity contribution >= 4 is 22.9 Å². The Hall–Kier alpha value is -1.68. The van der Waals surface area contributed by atoms with Gasteiger partial charge in [0.25, 0.3) is 5.91 Å². The highest BCUT2D eigenvalue weighted by atomic mass is 32.1. The van der Waals surface area contributed by atoms with Gasteiger partial charge in [0, 0.05) is 5.69 Å². The molecule has 0 unspecified atom stereocenters. The molecule has 0 bridgehead atoms. The minimum Gasteiger partial charge on any atom is -0.321 e. The monoisotopic (exact) mass is 288 g/mol. The first-order valence-corrected chi connectivity index (χ1v) is 7.56. The molecule has 0 aliphatic rings. The molecule has 1 heterocycles. The van der Waals surface area contributed by atoms with Crippen LogP contribution in [0.15, 0.2) is 18.2 Å². The molecule has 106 valence electrons. The molecule has 0 atom stereocenters. The van der Waals surface area contributed by atoms with E-state index in [2.05, 4.69) is 30.2 Å². The molecule has 1 N–H and O–H groups in total. The summed E-state index contributed by atoms with van der Waals surface area (Å²) in [5.41, 5.74) is 3.98. The van der Waals surface area contributed by atoms with E-state index in [1.54, 1.807) is 0 Å². The minimum absolute atomic E-state index is 0.0655. The second-order valence-corrected chi connectivity index (χ2v) is 6.50. The number of nitrogens with zero attached hydrogens (tertiary/aromatic N) is 1. The summed E-state index contributed by atoms with van der Waals surface area (Å²) in [6.45, 7) is 10.1. The number of benzene rings is 1. The Balaban J connectivity index is 2.35. The fraction of sp³-hybridized carbons (Fsp3) is 0.375. The SMILES string of the molecule is Cc1nc(C)c(C(=O)Nc2c(C)cccc2C(C)C)s1. The van der Waals surface area contributed by atoms with E-state index in [1.165, 1.54) is 11.3 Å². The number of hydrogen-bond donors (Lipinski definition) is 1. The van der Waals surface area contributed by atoms with Gasteiger partial charge in [-0.2, -0.15) is 0 Å². The van der Waals surface area contributed by atoms with Crippen LogP contribution in [0, 0.1) is 20.8 Å². The number of anilines is 1. The Morgan fingerprint density at radius 1 is 1.25 bits per heavy atom. The second-order valence-electron chi connectivity index (χ2n) is 5.30. The number of amides is 1. The Bertz CT molecular complexity index is 644. The molecule has 0 saturated heterocycles. The molecule has 3 nitrogen and oxygen atoms in total. The van der Waals surface area contributed by atoms with Gasteiger partial charge in [-0.3, -0.25) is 4.79 Å². The van der Waals surface area contributed by atoms with E-state index in [9.17, 15) is 4.79 Å². The molecule has 0 aliphatic carbocycles. The van der Waals surface area contributed by atoms with Crippen molar-refractivity contribution < 1.29 is 4.79 Å². The van der Waals surface area contributed by atoms with E-state index in [0.29, 0.717) is 10.8 Å². The number of rotatable bonds is 3. The van der Waals surface area contributed by atoms with Gasteiger partial charge in [-0.05, 0) is 37.8 Å². The maximum Gasteiger partial charge on any atom is 0.267 e. The number of para-hydroxylation sites is 1. The number of carbonyl (C=O) groups excluding carboxylic acids is 1. The van der Waals surface area contributed by atoms with Gasteiger partial charge in [0.05, 0.1) is 10.7 Å². The van der Waals surface area contributed by atoms with Gasteiger partial charge >= 0.3 is 0 Å². The second kappa shape index (κ2) is 5.75. The smallest absolute Gasteiger partial charge is 0.267 e. The largest absolute Gasteiger partial charge is 0.321 e. The predicted octanol–water partition coefficient (Wildman–Crippen LogP) is 4.44. The van der Waals surface area contributed by atoms with Crippen LogP contribution in [0.5, 0.6) is 0 Å². The number of aromatic nitrogens is 1. The summed E-state index contributed by atoms with van der Waals surface area (Å²) >= 11 is 1.44. The van der Waals surface area contributed by atoms with E-state index >= 15 is 0 Å². The lowest BCUT2D eigenvalue weighted by Gasteiger charge is -2.16. The van der Waals surface area contributed by atoms with Crippen molar-refractivity contribution in [3.63, 3.8) is 0 Å². The zero-order chi connectivity index (χ0) is 14.9. The van der Waals surface area contributed by atoms with E-state index in [0.717, 1.165) is 27.5 Å². The normalized spacial score (nSPS) is 10.9. The lowest BCUT2D eigenvalue weighted by atomic mass is 9.98. The maximum absolute atomic E-state index is 12.4. The predicted molar refractivity (Wildman–Crippen MR) is 84.8 cm³/mol. The Kier molecular flexibility index (Phi) is 4.23. The van der Waals surface area contributed by atoms with Crippen molar-refractivity contribution in [3.8, 4) is 0 Å². The summed E-state index contributed by atoms with van der Waals surface area (Å²) in [5.74, 6) is 0.304. The van der Waals surface area contributed by atoms with E-state index < -0.39 is 0 Å². The van der Waals surface area contributed by atoms with Gasteiger partial charge in [0.15, 0.2) is 0 Å². The quantitative estimate of drug-likeness (QED) is 0.907. The van der Waals surface area contributed by atoms with Crippen LogP contribution >= 0.6 is 11.3 Å². The van der Waals surface area contributed by atoms with Gasteiger partial charge in [-0.25, -0.2) is 4.98 Å². The molecule has 1 aromatic carbocycles. The number of thiazole rings is 1. The van der Waals surface area contributed by atoms with Crippen LogP contribution in [-0.2, 0) is 0 Å². The number of carbonyl (C=O) groups is 1. The lowest BCUT2D eigenvalue weighted by molar-refractivity contribution is 0.102. The molecule has 2 aromatic rings. The maximum atomic E-state index is 12.4. The highest BCUT2D eigenvalue weighted by molar-refractivity contribution is 7.13. The summed E-state index contributed by atoms with van der Waals surface area (Å²) in [7, 11) is 0. The van der Waals surface area contributed by atoms with Crippen molar-refractivity contribution in [1.29, 1.82) is 0 Å². The molecule has 0 radical (unpaired) electrons. The molecule has 0 fully saturated rings. The highest BCUT2D eigenvalue weighted by Crippen LogP contribution is 2.28. The third kappa shape index (κ3) is 2.90. The molecule has 4 heteroatoms. The van der Waals surface area contributed by atoms with Gasteiger partial charge in [0.2, 0.25) is 0 Å². The summed E-state index contributed by atoms with van der Waals surface area (Å²) in [6.07, 6.45) is 0. The fourth-order valence-electron chi connectivity index (χ4n) is 2.25. The average molecular weight is 288 g/mol. The average Bonchev–Trinajstić information content (AvgIpc) is 2.70. The number of nitrogens with one attached hydrogen (secondary N) is 1. The minimum atomic E-state index is -0.0655. The fourth-order valence-corrected chi connectivity index (χ4v) is 3.07. The van der Waals surface area contributed by atoms with Gasteiger partial charge < -0.3 is 5.32 Å². The first kappa shape index (κ1) is 14.7. The van der Waals surface area contributed by atoms with Crippen molar-refractivity contribution in [2.75, 3.05) is 5.32 Å². The van der Waals surface area contributed by atoms with Crippen LogP contribution in [0.4, 0.5) is 5.69 Å². The Morgan fingerprint density at radius 3 is 2.50 bits per heavy atom. The first-order chi connectivity index (χ1) is 9.40. The zero-order valence-corrected chi connectivity index (χ0v) is 13.4. The summed E-state index contributed by atoms with van der Waals surface area (Å²) in [5, 5.41) is 3.98. The van der Waals surface area contributed by atoms with Crippen LogP contribution in [0.25, 0.3) is 0 Å². The van der Waals surface area contributed by atoms with Gasteiger partial charge in [0.1, 0.15) is 4.88 Å².